The lowest BCUT2D eigenvalue weighted by molar-refractivity contribution is -0.120. The molecule has 2 aromatic carbocycles. The van der Waals surface area contributed by atoms with Crippen molar-refractivity contribution in [1.29, 1.82) is 0 Å². The molecule has 2 aromatic rings. The number of carbonyl (C=O) groups excluding carboxylic acids is 2. The maximum atomic E-state index is 12.6. The molecule has 8 heteroatoms. The highest BCUT2D eigenvalue weighted by molar-refractivity contribution is 6.10. The molecule has 1 aliphatic heterocycles. The maximum absolute atomic E-state index is 12.6. The minimum Gasteiger partial charge on any atom is -0.497 e. The van der Waals surface area contributed by atoms with Gasteiger partial charge in [0.2, 0.25) is 11.9 Å². The Morgan fingerprint density at radius 1 is 1.04 bits per heavy atom. The van der Waals surface area contributed by atoms with E-state index >= 15 is 0 Å². The van der Waals surface area contributed by atoms with Gasteiger partial charge in [0.05, 0.1) is 33.8 Å². The van der Waals surface area contributed by atoms with E-state index in [1.807, 2.05) is 12.1 Å². The molecular weight excluding hydrogens is 362 g/mol. The van der Waals surface area contributed by atoms with Crippen LogP contribution in [-0.2, 0) is 4.79 Å². The van der Waals surface area contributed by atoms with Crippen LogP contribution in [0.2, 0.25) is 0 Å². The largest absolute Gasteiger partial charge is 0.497 e. The molecule has 0 aliphatic carbocycles. The lowest BCUT2D eigenvalue weighted by atomic mass is 10.0. The van der Waals surface area contributed by atoms with Crippen LogP contribution < -0.4 is 24.8 Å². The number of amides is 2. The van der Waals surface area contributed by atoms with Crippen molar-refractivity contribution >= 4 is 17.8 Å². The van der Waals surface area contributed by atoms with E-state index in [1.54, 1.807) is 37.4 Å². The van der Waals surface area contributed by atoms with E-state index in [0.29, 0.717) is 17.1 Å². The zero-order valence-corrected chi connectivity index (χ0v) is 15.8. The van der Waals surface area contributed by atoms with Crippen LogP contribution in [0.3, 0.4) is 0 Å². The summed E-state index contributed by atoms with van der Waals surface area (Å²) in [5, 5.41) is 5.22. The van der Waals surface area contributed by atoms with Crippen molar-refractivity contribution in [3.8, 4) is 17.2 Å². The van der Waals surface area contributed by atoms with Gasteiger partial charge in [-0.3, -0.25) is 20.2 Å². The first-order valence-corrected chi connectivity index (χ1v) is 8.59. The number of hydrogen-bond donors (Lipinski definition) is 2. The minimum absolute atomic E-state index is 0.108. The lowest BCUT2D eigenvalue weighted by Gasteiger charge is -2.21. The fourth-order valence-corrected chi connectivity index (χ4v) is 2.83. The van der Waals surface area contributed by atoms with E-state index in [9.17, 15) is 9.59 Å². The van der Waals surface area contributed by atoms with Gasteiger partial charge < -0.3 is 14.2 Å². The molecule has 3 rings (SSSR count). The Bertz CT molecular complexity index is 909. The number of ether oxygens (including phenoxy) is 3. The predicted molar refractivity (Wildman–Crippen MR) is 103 cm³/mol. The van der Waals surface area contributed by atoms with Crippen molar-refractivity contribution in [3.63, 3.8) is 0 Å². The Kier molecular flexibility index (Phi) is 5.78. The number of methoxy groups -OCH3 is 3. The summed E-state index contributed by atoms with van der Waals surface area (Å²) >= 11 is 0. The second-order valence-corrected chi connectivity index (χ2v) is 6.04. The van der Waals surface area contributed by atoms with Gasteiger partial charge in [0.1, 0.15) is 5.75 Å². The molecule has 1 aliphatic rings. The monoisotopic (exact) mass is 383 g/mol. The van der Waals surface area contributed by atoms with Gasteiger partial charge in [-0.15, -0.1) is 0 Å². The summed E-state index contributed by atoms with van der Waals surface area (Å²) in [6.45, 7) is 0. The van der Waals surface area contributed by atoms with E-state index in [2.05, 4.69) is 15.6 Å². The fraction of sp³-hybridized carbons (Fsp3) is 0.250. The first kappa shape index (κ1) is 19.2. The molecule has 2 N–H and O–H groups in total. The van der Waals surface area contributed by atoms with Crippen LogP contribution in [0.25, 0.3) is 0 Å². The second kappa shape index (κ2) is 8.43. The molecule has 8 nitrogen and oxygen atoms in total. The minimum atomic E-state index is -0.421. The molecule has 0 bridgehead atoms. The quantitative estimate of drug-likeness (QED) is 0.824. The van der Waals surface area contributed by atoms with E-state index in [4.69, 9.17) is 14.2 Å². The van der Waals surface area contributed by atoms with Crippen LogP contribution in [0.15, 0.2) is 47.5 Å². The highest BCUT2D eigenvalue weighted by atomic mass is 16.5. The van der Waals surface area contributed by atoms with E-state index in [-0.39, 0.29) is 24.3 Å². The Hall–Kier alpha value is -3.55. The summed E-state index contributed by atoms with van der Waals surface area (Å²) in [4.78, 5) is 29.1. The van der Waals surface area contributed by atoms with Crippen molar-refractivity contribution < 1.29 is 23.8 Å². The molecule has 0 unspecified atom stereocenters. The van der Waals surface area contributed by atoms with Crippen molar-refractivity contribution in [2.75, 3.05) is 21.3 Å². The summed E-state index contributed by atoms with van der Waals surface area (Å²) in [7, 11) is 4.59. The molecule has 0 radical (unpaired) electrons. The third-order valence-corrected chi connectivity index (χ3v) is 4.30. The summed E-state index contributed by atoms with van der Waals surface area (Å²) in [6, 6.07) is 11.7. The van der Waals surface area contributed by atoms with Gasteiger partial charge in [0.15, 0.2) is 11.5 Å². The van der Waals surface area contributed by atoms with Crippen molar-refractivity contribution in [2.45, 2.75) is 12.5 Å². The molecule has 1 heterocycles. The smallest absolute Gasteiger partial charge is 0.258 e. The first-order chi connectivity index (χ1) is 13.5. The molecule has 28 heavy (non-hydrogen) atoms. The highest BCUT2D eigenvalue weighted by Crippen LogP contribution is 2.28. The Labute approximate surface area is 162 Å². The molecule has 2 amide bonds. The molecule has 0 aromatic heterocycles. The number of nitrogens with one attached hydrogen (secondary N) is 2. The number of aliphatic imine (C=N–C) groups is 1. The van der Waals surface area contributed by atoms with Crippen LogP contribution in [-0.4, -0.2) is 39.1 Å². The van der Waals surface area contributed by atoms with Crippen molar-refractivity contribution in [2.24, 2.45) is 4.99 Å². The summed E-state index contributed by atoms with van der Waals surface area (Å²) in [6.07, 6.45) is 0.196. The highest BCUT2D eigenvalue weighted by Gasteiger charge is 2.24. The van der Waals surface area contributed by atoms with Crippen molar-refractivity contribution in [1.82, 2.24) is 10.6 Å². The molecule has 146 valence electrons. The zero-order valence-electron chi connectivity index (χ0n) is 15.8. The SMILES string of the molecule is COc1ccc([C@@H]2CC(=O)NC(NC(=O)c3ccc(OC)c(OC)c3)=N2)cc1. The molecule has 0 saturated carbocycles. The van der Waals surface area contributed by atoms with Crippen LogP contribution in [0.4, 0.5) is 0 Å². The van der Waals surface area contributed by atoms with Gasteiger partial charge in [-0.1, -0.05) is 12.1 Å². The normalized spacial score (nSPS) is 15.9. The topological polar surface area (TPSA) is 98.3 Å². The number of carbonyl (C=O) groups is 2. The molecule has 0 saturated heterocycles. The van der Waals surface area contributed by atoms with Crippen molar-refractivity contribution in [3.05, 3.63) is 53.6 Å². The van der Waals surface area contributed by atoms with Crippen LogP contribution in [0.1, 0.15) is 28.4 Å². The Morgan fingerprint density at radius 2 is 1.75 bits per heavy atom. The van der Waals surface area contributed by atoms with Gasteiger partial charge in [-0.25, -0.2) is 4.99 Å². The van der Waals surface area contributed by atoms with Gasteiger partial charge >= 0.3 is 0 Å². The summed E-state index contributed by atoms with van der Waals surface area (Å²) < 4.78 is 15.5. The molecule has 0 spiro atoms. The molecule has 0 fully saturated rings. The number of rotatable bonds is 5. The van der Waals surface area contributed by atoms with Crippen LogP contribution in [0.5, 0.6) is 17.2 Å². The summed E-state index contributed by atoms with van der Waals surface area (Å²) in [5.74, 6) is 1.13. The van der Waals surface area contributed by atoms with Crippen LogP contribution in [0, 0.1) is 0 Å². The number of hydrogen-bond acceptors (Lipinski definition) is 6. The van der Waals surface area contributed by atoms with Crippen LogP contribution >= 0.6 is 0 Å². The average molecular weight is 383 g/mol. The average Bonchev–Trinajstić information content (AvgIpc) is 2.72. The fourth-order valence-electron chi connectivity index (χ4n) is 2.83. The van der Waals surface area contributed by atoms with E-state index < -0.39 is 5.91 Å². The maximum Gasteiger partial charge on any atom is 0.258 e. The number of guanidine groups is 1. The van der Waals surface area contributed by atoms with Gasteiger partial charge in [0, 0.05) is 5.56 Å². The first-order valence-electron chi connectivity index (χ1n) is 8.59. The Morgan fingerprint density at radius 3 is 2.39 bits per heavy atom. The molecular formula is C20H21N3O5. The second-order valence-electron chi connectivity index (χ2n) is 6.04. The Balaban J connectivity index is 1.79. The summed E-state index contributed by atoms with van der Waals surface area (Å²) in [5.41, 5.74) is 1.20. The van der Waals surface area contributed by atoms with Gasteiger partial charge in [-0.05, 0) is 35.9 Å². The van der Waals surface area contributed by atoms with E-state index in [0.717, 1.165) is 11.3 Å². The van der Waals surface area contributed by atoms with Gasteiger partial charge in [0.25, 0.3) is 5.91 Å². The molecule has 1 atom stereocenters. The standard InChI is InChI=1S/C20H21N3O5/c1-26-14-7-4-12(5-8-14)15-11-18(24)22-20(21-15)23-19(25)13-6-9-16(27-2)17(10-13)28-3/h4-10,15H,11H2,1-3H3,(H2,21,22,23,24,25)/t15-/m0/s1. The van der Waals surface area contributed by atoms with E-state index in [1.165, 1.54) is 14.2 Å². The van der Waals surface area contributed by atoms with Gasteiger partial charge in [-0.2, -0.15) is 0 Å². The number of nitrogens with zero attached hydrogens (tertiary/aromatic N) is 1. The number of benzene rings is 2. The lowest BCUT2D eigenvalue weighted by Crippen LogP contribution is -2.47. The third-order valence-electron chi connectivity index (χ3n) is 4.30. The zero-order chi connectivity index (χ0) is 20.1. The third kappa shape index (κ3) is 4.22. The predicted octanol–water partition coefficient (Wildman–Crippen LogP) is 2.06.